The summed E-state index contributed by atoms with van der Waals surface area (Å²) < 4.78 is 25.5. The number of benzene rings is 2. The van der Waals surface area contributed by atoms with Crippen molar-refractivity contribution in [1.29, 1.82) is 0 Å². The van der Waals surface area contributed by atoms with Gasteiger partial charge in [-0.05, 0) is 55.3 Å². The number of sulfonamides is 1. The molecule has 0 aliphatic rings. The van der Waals surface area contributed by atoms with Gasteiger partial charge in [-0.1, -0.05) is 41.4 Å². The highest BCUT2D eigenvalue weighted by molar-refractivity contribution is 7.98. The first-order valence-electron chi connectivity index (χ1n) is 9.30. The fraction of sp³-hybridized carbons (Fsp3) is 0.381. The molecule has 0 spiro atoms. The van der Waals surface area contributed by atoms with Gasteiger partial charge in [-0.15, -0.1) is 0 Å². The Hall–Kier alpha value is -1.70. The highest BCUT2D eigenvalue weighted by Gasteiger charge is 2.22. The smallest absolute Gasteiger partial charge is 0.240 e. The molecule has 0 bridgehead atoms. The standard InChI is InChI=1S/C21H27ClN2O3S2/c1-16-6-4-7-18(12-16)15-28-11-5-10-23-21(25)14-24(29(3,26)27)20-9-8-19(22)13-17(20)2/h4,6-9,12-13H,5,10-11,14-15H2,1-3H3,(H,23,25). The molecule has 0 aliphatic carbocycles. The van der Waals surface area contributed by atoms with E-state index >= 15 is 0 Å². The predicted molar refractivity (Wildman–Crippen MR) is 123 cm³/mol. The van der Waals surface area contributed by atoms with Gasteiger partial charge in [0.2, 0.25) is 15.9 Å². The minimum Gasteiger partial charge on any atom is -0.354 e. The maximum atomic E-state index is 12.3. The number of amides is 1. The third-order valence-electron chi connectivity index (χ3n) is 4.25. The van der Waals surface area contributed by atoms with Crippen molar-refractivity contribution >= 4 is 45.0 Å². The number of carbonyl (C=O) groups is 1. The molecule has 158 valence electrons. The van der Waals surface area contributed by atoms with Crippen LogP contribution in [0.25, 0.3) is 0 Å². The Morgan fingerprint density at radius 2 is 1.93 bits per heavy atom. The van der Waals surface area contributed by atoms with Crippen LogP contribution in [0.4, 0.5) is 5.69 Å². The van der Waals surface area contributed by atoms with Crippen LogP contribution in [-0.4, -0.2) is 39.4 Å². The lowest BCUT2D eigenvalue weighted by atomic mass is 10.2. The van der Waals surface area contributed by atoms with Crippen molar-refractivity contribution in [2.24, 2.45) is 0 Å². The number of nitrogens with one attached hydrogen (secondary N) is 1. The van der Waals surface area contributed by atoms with Crippen LogP contribution < -0.4 is 9.62 Å². The first kappa shape index (κ1) is 23.6. The number of rotatable bonds is 10. The van der Waals surface area contributed by atoms with Gasteiger partial charge in [-0.25, -0.2) is 8.42 Å². The van der Waals surface area contributed by atoms with Crippen LogP contribution in [0.5, 0.6) is 0 Å². The number of halogens is 1. The number of aryl methyl sites for hydroxylation is 2. The molecule has 0 atom stereocenters. The fourth-order valence-electron chi connectivity index (χ4n) is 2.86. The number of nitrogens with zero attached hydrogens (tertiary/aromatic N) is 1. The molecule has 2 aromatic rings. The van der Waals surface area contributed by atoms with Crippen molar-refractivity contribution in [2.75, 3.05) is 29.4 Å². The molecule has 0 aromatic heterocycles. The molecule has 0 saturated heterocycles. The number of hydrogen-bond acceptors (Lipinski definition) is 4. The van der Waals surface area contributed by atoms with Crippen LogP contribution >= 0.6 is 23.4 Å². The first-order chi connectivity index (χ1) is 13.7. The molecule has 29 heavy (non-hydrogen) atoms. The van der Waals surface area contributed by atoms with Gasteiger partial charge in [0.1, 0.15) is 6.54 Å². The number of hydrogen-bond donors (Lipinski definition) is 1. The Labute approximate surface area is 182 Å². The second-order valence-corrected chi connectivity index (χ2v) is 10.4. The van der Waals surface area contributed by atoms with Crippen molar-refractivity contribution < 1.29 is 13.2 Å². The van der Waals surface area contributed by atoms with Gasteiger partial charge >= 0.3 is 0 Å². The molecule has 0 radical (unpaired) electrons. The highest BCUT2D eigenvalue weighted by Crippen LogP contribution is 2.25. The van der Waals surface area contributed by atoms with E-state index in [4.69, 9.17) is 11.6 Å². The zero-order valence-electron chi connectivity index (χ0n) is 16.9. The van der Waals surface area contributed by atoms with E-state index in [1.165, 1.54) is 11.1 Å². The molecule has 8 heteroatoms. The molecular formula is C21H27ClN2O3S2. The van der Waals surface area contributed by atoms with E-state index in [0.717, 1.165) is 28.5 Å². The molecule has 1 N–H and O–H groups in total. The van der Waals surface area contributed by atoms with Crippen LogP contribution in [0.1, 0.15) is 23.1 Å². The predicted octanol–water partition coefficient (Wildman–Crippen LogP) is 4.16. The SMILES string of the molecule is Cc1cccc(CSCCCNC(=O)CN(c2ccc(Cl)cc2C)S(C)(=O)=O)c1. The summed E-state index contributed by atoms with van der Waals surface area (Å²) in [4.78, 5) is 12.3. The summed E-state index contributed by atoms with van der Waals surface area (Å²) in [5.41, 5.74) is 3.70. The molecule has 0 aliphatic heterocycles. The molecular weight excluding hydrogens is 428 g/mol. The van der Waals surface area contributed by atoms with Gasteiger partial charge in [0.15, 0.2) is 0 Å². The summed E-state index contributed by atoms with van der Waals surface area (Å²) in [5, 5.41) is 3.33. The first-order valence-corrected chi connectivity index (χ1v) is 12.7. The monoisotopic (exact) mass is 454 g/mol. The number of anilines is 1. The van der Waals surface area contributed by atoms with E-state index in [1.807, 2.05) is 11.8 Å². The zero-order chi connectivity index (χ0) is 21.4. The van der Waals surface area contributed by atoms with Gasteiger partial charge in [0.05, 0.1) is 11.9 Å². The van der Waals surface area contributed by atoms with E-state index in [0.29, 0.717) is 22.8 Å². The van der Waals surface area contributed by atoms with E-state index in [-0.39, 0.29) is 12.5 Å². The third kappa shape index (κ3) is 7.91. The molecule has 0 saturated carbocycles. The zero-order valence-corrected chi connectivity index (χ0v) is 19.3. The third-order valence-corrected chi connectivity index (χ3v) is 6.73. The summed E-state index contributed by atoms with van der Waals surface area (Å²) >= 11 is 7.76. The Morgan fingerprint density at radius 1 is 1.17 bits per heavy atom. The van der Waals surface area contributed by atoms with Crippen molar-refractivity contribution in [3.05, 3.63) is 64.2 Å². The second kappa shape index (κ2) is 10.9. The Balaban J connectivity index is 1.80. The van der Waals surface area contributed by atoms with Crippen molar-refractivity contribution in [3.63, 3.8) is 0 Å². The maximum absolute atomic E-state index is 12.3. The lowest BCUT2D eigenvalue weighted by Crippen LogP contribution is -2.41. The molecule has 2 rings (SSSR count). The van der Waals surface area contributed by atoms with E-state index in [9.17, 15) is 13.2 Å². The Morgan fingerprint density at radius 3 is 2.59 bits per heavy atom. The average molecular weight is 455 g/mol. The Kier molecular flexibility index (Phi) is 8.86. The van der Waals surface area contributed by atoms with Crippen molar-refractivity contribution in [3.8, 4) is 0 Å². The maximum Gasteiger partial charge on any atom is 0.240 e. The lowest BCUT2D eigenvalue weighted by molar-refractivity contribution is -0.119. The Bertz CT molecular complexity index is 949. The minimum absolute atomic E-state index is 0.252. The van der Waals surface area contributed by atoms with Crippen LogP contribution in [0, 0.1) is 13.8 Å². The fourth-order valence-corrected chi connectivity index (χ4v) is 4.91. The number of carbonyl (C=O) groups excluding carboxylic acids is 1. The van der Waals surface area contributed by atoms with E-state index < -0.39 is 10.0 Å². The average Bonchev–Trinajstić information content (AvgIpc) is 2.62. The highest BCUT2D eigenvalue weighted by atomic mass is 35.5. The summed E-state index contributed by atoms with van der Waals surface area (Å²) in [6, 6.07) is 13.3. The van der Waals surface area contributed by atoms with Gasteiger partial charge in [-0.3, -0.25) is 9.10 Å². The topological polar surface area (TPSA) is 66.5 Å². The largest absolute Gasteiger partial charge is 0.354 e. The van der Waals surface area contributed by atoms with Crippen LogP contribution in [-0.2, 0) is 20.6 Å². The molecule has 0 fully saturated rings. The van der Waals surface area contributed by atoms with Crippen molar-refractivity contribution in [1.82, 2.24) is 5.32 Å². The summed E-state index contributed by atoms with van der Waals surface area (Å²) in [7, 11) is -3.60. The summed E-state index contributed by atoms with van der Waals surface area (Å²) in [5.74, 6) is 1.53. The van der Waals surface area contributed by atoms with Gasteiger partial charge in [0.25, 0.3) is 0 Å². The molecule has 1 amide bonds. The molecule has 0 heterocycles. The van der Waals surface area contributed by atoms with E-state index in [2.05, 4.69) is 36.5 Å². The van der Waals surface area contributed by atoms with Crippen LogP contribution in [0.15, 0.2) is 42.5 Å². The summed E-state index contributed by atoms with van der Waals surface area (Å²) in [6.45, 7) is 4.10. The molecule has 2 aromatic carbocycles. The van der Waals surface area contributed by atoms with Gasteiger partial charge in [-0.2, -0.15) is 11.8 Å². The molecule has 0 unspecified atom stereocenters. The second-order valence-electron chi connectivity index (χ2n) is 6.95. The summed E-state index contributed by atoms with van der Waals surface area (Å²) in [6.07, 6.45) is 1.91. The van der Waals surface area contributed by atoms with E-state index in [1.54, 1.807) is 25.1 Å². The normalized spacial score (nSPS) is 11.3. The minimum atomic E-state index is -3.60. The van der Waals surface area contributed by atoms with Crippen LogP contribution in [0.3, 0.4) is 0 Å². The number of thioether (sulfide) groups is 1. The van der Waals surface area contributed by atoms with Gasteiger partial charge < -0.3 is 5.32 Å². The lowest BCUT2D eigenvalue weighted by Gasteiger charge is -2.23. The molecule has 5 nitrogen and oxygen atoms in total. The van der Waals surface area contributed by atoms with Crippen molar-refractivity contribution in [2.45, 2.75) is 26.0 Å². The van der Waals surface area contributed by atoms with Gasteiger partial charge in [0, 0.05) is 17.3 Å². The van der Waals surface area contributed by atoms with Crippen LogP contribution in [0.2, 0.25) is 5.02 Å². The quantitative estimate of drug-likeness (QED) is 0.547.